The highest BCUT2D eigenvalue weighted by Gasteiger charge is 2.16. The number of ether oxygens (including phenoxy) is 2. The van der Waals surface area contributed by atoms with Crippen LogP contribution in [0.25, 0.3) is 0 Å². The zero-order chi connectivity index (χ0) is 12.8. The molecule has 98 valence electrons. The Morgan fingerprint density at radius 2 is 2.17 bits per heavy atom. The van der Waals surface area contributed by atoms with E-state index in [-0.39, 0.29) is 18.3 Å². The number of carbonyl (C=O) groups excluding carboxylic acids is 1. The Labute approximate surface area is 105 Å². The van der Waals surface area contributed by atoms with Crippen molar-refractivity contribution < 1.29 is 18.7 Å². The lowest BCUT2D eigenvalue weighted by molar-refractivity contribution is -0.135. The predicted octanol–water partition coefficient (Wildman–Crippen LogP) is 1.45. The van der Waals surface area contributed by atoms with Gasteiger partial charge in [-0.15, -0.1) is 0 Å². The van der Waals surface area contributed by atoms with Crippen molar-refractivity contribution in [1.29, 1.82) is 0 Å². The van der Waals surface area contributed by atoms with Gasteiger partial charge >= 0.3 is 0 Å². The molecule has 0 saturated carbocycles. The molecule has 1 heterocycles. The Morgan fingerprint density at radius 3 is 2.89 bits per heavy atom. The summed E-state index contributed by atoms with van der Waals surface area (Å²) in [7, 11) is 0. The van der Waals surface area contributed by atoms with Crippen molar-refractivity contribution in [3.63, 3.8) is 0 Å². The summed E-state index contributed by atoms with van der Waals surface area (Å²) in [6.07, 6.45) is 0.302. The second kappa shape index (κ2) is 6.35. The molecule has 1 aliphatic heterocycles. The molecule has 0 bridgehead atoms. The fourth-order valence-electron chi connectivity index (χ4n) is 1.78. The van der Waals surface area contributed by atoms with E-state index in [9.17, 15) is 9.18 Å². The molecule has 0 N–H and O–H groups in total. The van der Waals surface area contributed by atoms with Crippen molar-refractivity contribution in [2.24, 2.45) is 0 Å². The van der Waals surface area contributed by atoms with Crippen LogP contribution in [0.2, 0.25) is 0 Å². The lowest BCUT2D eigenvalue weighted by Gasteiger charge is -2.26. The average molecular weight is 253 g/mol. The smallest absolute Gasteiger partial charge is 0.226 e. The molecule has 0 spiro atoms. The molecule has 0 radical (unpaired) electrons. The van der Waals surface area contributed by atoms with E-state index in [1.54, 1.807) is 17.0 Å². The number of benzene rings is 1. The van der Waals surface area contributed by atoms with E-state index in [0.29, 0.717) is 38.5 Å². The summed E-state index contributed by atoms with van der Waals surface area (Å²) in [4.78, 5) is 13.5. The number of nitrogens with zero attached hydrogens (tertiary/aromatic N) is 1. The molecule has 5 heteroatoms. The molecule has 0 aliphatic carbocycles. The molecule has 0 aromatic heterocycles. The molecule has 1 amide bonds. The summed E-state index contributed by atoms with van der Waals surface area (Å²) in [5.41, 5.74) is 0. The van der Waals surface area contributed by atoms with Crippen molar-refractivity contribution in [2.45, 2.75) is 6.42 Å². The quantitative estimate of drug-likeness (QED) is 0.815. The van der Waals surface area contributed by atoms with Gasteiger partial charge in [-0.25, -0.2) is 4.39 Å². The van der Waals surface area contributed by atoms with Crippen LogP contribution in [0.1, 0.15) is 6.42 Å². The van der Waals surface area contributed by atoms with Crippen LogP contribution in [0, 0.1) is 5.82 Å². The molecule has 1 saturated heterocycles. The van der Waals surface area contributed by atoms with Gasteiger partial charge in [0.1, 0.15) is 11.6 Å². The Balaban J connectivity index is 1.73. The van der Waals surface area contributed by atoms with Crippen LogP contribution in [-0.2, 0) is 9.53 Å². The molecule has 2 rings (SSSR count). The Kier molecular flexibility index (Phi) is 4.52. The van der Waals surface area contributed by atoms with Crippen molar-refractivity contribution >= 4 is 5.91 Å². The number of rotatable bonds is 4. The summed E-state index contributed by atoms with van der Waals surface area (Å²) in [6, 6.07) is 5.90. The molecule has 4 nitrogen and oxygen atoms in total. The van der Waals surface area contributed by atoms with E-state index in [2.05, 4.69) is 0 Å². The standard InChI is InChI=1S/C13H16FNO3/c14-11-2-1-3-12(10-11)18-7-4-13(16)15-5-8-17-9-6-15/h1-3,10H,4-9H2. The van der Waals surface area contributed by atoms with Gasteiger partial charge in [-0.3, -0.25) is 4.79 Å². The number of halogens is 1. The molecular formula is C13H16FNO3. The second-order valence-electron chi connectivity index (χ2n) is 4.05. The summed E-state index contributed by atoms with van der Waals surface area (Å²) in [6.45, 7) is 2.73. The number of carbonyl (C=O) groups is 1. The van der Waals surface area contributed by atoms with Crippen molar-refractivity contribution in [2.75, 3.05) is 32.9 Å². The van der Waals surface area contributed by atoms with Crippen LogP contribution in [0.4, 0.5) is 4.39 Å². The minimum Gasteiger partial charge on any atom is -0.493 e. The average Bonchev–Trinajstić information content (AvgIpc) is 2.40. The van der Waals surface area contributed by atoms with Gasteiger partial charge in [0, 0.05) is 19.2 Å². The van der Waals surface area contributed by atoms with Gasteiger partial charge in [0.25, 0.3) is 0 Å². The number of hydrogen-bond donors (Lipinski definition) is 0. The van der Waals surface area contributed by atoms with E-state index >= 15 is 0 Å². The lowest BCUT2D eigenvalue weighted by Crippen LogP contribution is -2.41. The Bertz CT molecular complexity index is 405. The number of morpholine rings is 1. The van der Waals surface area contributed by atoms with Gasteiger partial charge in [-0.05, 0) is 12.1 Å². The first-order valence-electron chi connectivity index (χ1n) is 5.99. The first-order valence-corrected chi connectivity index (χ1v) is 5.99. The van der Waals surface area contributed by atoms with E-state index in [1.807, 2.05) is 0 Å². The van der Waals surface area contributed by atoms with Gasteiger partial charge < -0.3 is 14.4 Å². The molecule has 1 aliphatic rings. The third-order valence-electron chi connectivity index (χ3n) is 2.74. The summed E-state index contributed by atoms with van der Waals surface area (Å²) in [5, 5.41) is 0. The molecule has 18 heavy (non-hydrogen) atoms. The fraction of sp³-hybridized carbons (Fsp3) is 0.462. The highest BCUT2D eigenvalue weighted by molar-refractivity contribution is 5.76. The van der Waals surface area contributed by atoms with Crippen molar-refractivity contribution in [3.05, 3.63) is 30.1 Å². The van der Waals surface area contributed by atoms with E-state index in [4.69, 9.17) is 9.47 Å². The number of hydrogen-bond acceptors (Lipinski definition) is 3. The van der Waals surface area contributed by atoms with Crippen molar-refractivity contribution in [3.8, 4) is 5.75 Å². The van der Waals surface area contributed by atoms with E-state index in [0.717, 1.165) is 0 Å². The van der Waals surface area contributed by atoms with Crippen LogP contribution in [0.15, 0.2) is 24.3 Å². The second-order valence-corrected chi connectivity index (χ2v) is 4.05. The minimum atomic E-state index is -0.341. The normalized spacial score (nSPS) is 15.5. The van der Waals surface area contributed by atoms with Crippen LogP contribution < -0.4 is 4.74 Å². The highest BCUT2D eigenvalue weighted by Crippen LogP contribution is 2.12. The highest BCUT2D eigenvalue weighted by atomic mass is 19.1. The van der Waals surface area contributed by atoms with Gasteiger partial charge in [-0.1, -0.05) is 6.07 Å². The molecular weight excluding hydrogens is 237 g/mol. The molecule has 0 unspecified atom stereocenters. The van der Waals surface area contributed by atoms with Gasteiger partial charge in [0.15, 0.2) is 0 Å². The summed E-state index contributed by atoms with van der Waals surface area (Å²) < 4.78 is 23.4. The maximum absolute atomic E-state index is 12.9. The largest absolute Gasteiger partial charge is 0.493 e. The molecule has 1 aromatic carbocycles. The van der Waals surface area contributed by atoms with Gasteiger partial charge in [-0.2, -0.15) is 0 Å². The van der Waals surface area contributed by atoms with Gasteiger partial charge in [0.05, 0.1) is 26.2 Å². The van der Waals surface area contributed by atoms with Crippen LogP contribution in [0.3, 0.4) is 0 Å². The fourth-order valence-corrected chi connectivity index (χ4v) is 1.78. The van der Waals surface area contributed by atoms with Crippen LogP contribution in [0.5, 0.6) is 5.75 Å². The van der Waals surface area contributed by atoms with Gasteiger partial charge in [0.2, 0.25) is 5.91 Å². The third-order valence-corrected chi connectivity index (χ3v) is 2.74. The van der Waals surface area contributed by atoms with Crippen LogP contribution >= 0.6 is 0 Å². The molecule has 1 aromatic rings. The van der Waals surface area contributed by atoms with E-state index in [1.165, 1.54) is 12.1 Å². The third kappa shape index (κ3) is 3.70. The van der Waals surface area contributed by atoms with Crippen molar-refractivity contribution in [1.82, 2.24) is 4.90 Å². The Hall–Kier alpha value is -1.62. The maximum atomic E-state index is 12.9. The first-order chi connectivity index (χ1) is 8.75. The van der Waals surface area contributed by atoms with E-state index < -0.39 is 0 Å². The lowest BCUT2D eigenvalue weighted by atomic mass is 10.3. The minimum absolute atomic E-state index is 0.0507. The summed E-state index contributed by atoms with van der Waals surface area (Å²) >= 11 is 0. The maximum Gasteiger partial charge on any atom is 0.226 e. The topological polar surface area (TPSA) is 38.8 Å². The zero-order valence-electron chi connectivity index (χ0n) is 10.1. The monoisotopic (exact) mass is 253 g/mol. The molecule has 1 fully saturated rings. The Morgan fingerprint density at radius 1 is 1.39 bits per heavy atom. The van der Waals surface area contributed by atoms with Crippen LogP contribution in [-0.4, -0.2) is 43.7 Å². The zero-order valence-corrected chi connectivity index (χ0v) is 10.1. The summed E-state index contributed by atoms with van der Waals surface area (Å²) in [5.74, 6) is 0.159. The first kappa shape index (κ1) is 12.8. The molecule has 0 atom stereocenters. The SMILES string of the molecule is O=C(CCOc1cccc(F)c1)N1CCOCC1. The predicted molar refractivity (Wildman–Crippen MR) is 63.9 cm³/mol. The number of amides is 1.